The Kier molecular flexibility index (Phi) is 4.92. The van der Waals surface area contributed by atoms with Gasteiger partial charge in [-0.25, -0.2) is 0 Å². The summed E-state index contributed by atoms with van der Waals surface area (Å²) in [5.41, 5.74) is 3.89. The fourth-order valence-electron chi connectivity index (χ4n) is 3.09. The quantitative estimate of drug-likeness (QED) is 0.893. The van der Waals surface area contributed by atoms with E-state index in [0.29, 0.717) is 24.5 Å². The fourth-order valence-corrected chi connectivity index (χ4v) is 3.21. The second-order valence-corrected chi connectivity index (χ2v) is 7.13. The number of benzene rings is 1. The van der Waals surface area contributed by atoms with Gasteiger partial charge in [0, 0.05) is 41.4 Å². The molecule has 1 aliphatic rings. The third kappa shape index (κ3) is 3.47. The standard InChI is InChI=1S/C18H22ClN3O2/c1-11(2)9-16(23)18(24)22-8-7-15-14(10-22)17(21-20-15)12-3-5-13(19)6-4-12/h3-6,11,16,23H,7-10H2,1-2H3,(H,20,21). The van der Waals surface area contributed by atoms with Crippen molar-refractivity contribution in [1.82, 2.24) is 15.1 Å². The van der Waals surface area contributed by atoms with E-state index < -0.39 is 6.10 Å². The Morgan fingerprint density at radius 2 is 2.08 bits per heavy atom. The molecule has 0 fully saturated rings. The largest absolute Gasteiger partial charge is 0.383 e. The van der Waals surface area contributed by atoms with Gasteiger partial charge in [-0.1, -0.05) is 37.6 Å². The number of fused-ring (bicyclic) bond motifs is 1. The Hall–Kier alpha value is -1.85. The lowest BCUT2D eigenvalue weighted by atomic mass is 9.99. The minimum absolute atomic E-state index is 0.197. The predicted molar refractivity (Wildman–Crippen MR) is 93.6 cm³/mol. The molecule has 0 radical (unpaired) electrons. The van der Waals surface area contributed by atoms with Crippen LogP contribution in [0.5, 0.6) is 0 Å². The van der Waals surface area contributed by atoms with Crippen molar-refractivity contribution in [1.29, 1.82) is 0 Å². The van der Waals surface area contributed by atoms with Crippen LogP contribution in [0.1, 0.15) is 31.5 Å². The first-order valence-electron chi connectivity index (χ1n) is 8.24. The molecule has 1 aromatic heterocycles. The number of amides is 1. The monoisotopic (exact) mass is 347 g/mol. The van der Waals surface area contributed by atoms with E-state index in [2.05, 4.69) is 10.2 Å². The number of aliphatic hydroxyl groups is 1. The van der Waals surface area contributed by atoms with E-state index >= 15 is 0 Å². The number of H-pyrrole nitrogens is 1. The highest BCUT2D eigenvalue weighted by Crippen LogP contribution is 2.29. The molecule has 0 saturated carbocycles. The van der Waals surface area contributed by atoms with Gasteiger partial charge in [-0.05, 0) is 24.5 Å². The van der Waals surface area contributed by atoms with Gasteiger partial charge in [0.2, 0.25) is 0 Å². The van der Waals surface area contributed by atoms with Crippen LogP contribution in [-0.2, 0) is 17.8 Å². The number of nitrogens with zero attached hydrogens (tertiary/aromatic N) is 2. The molecule has 2 N–H and O–H groups in total. The minimum Gasteiger partial charge on any atom is -0.383 e. The third-order valence-electron chi connectivity index (χ3n) is 4.34. The summed E-state index contributed by atoms with van der Waals surface area (Å²) in [6.45, 7) is 5.07. The first-order valence-corrected chi connectivity index (χ1v) is 8.62. The van der Waals surface area contributed by atoms with Crippen molar-refractivity contribution in [3.05, 3.63) is 40.5 Å². The third-order valence-corrected chi connectivity index (χ3v) is 4.59. The van der Waals surface area contributed by atoms with Gasteiger partial charge in [0.1, 0.15) is 6.10 Å². The van der Waals surface area contributed by atoms with Gasteiger partial charge in [-0.15, -0.1) is 0 Å². The number of hydrogen-bond acceptors (Lipinski definition) is 3. The number of aliphatic hydroxyl groups excluding tert-OH is 1. The van der Waals surface area contributed by atoms with Gasteiger partial charge < -0.3 is 10.0 Å². The van der Waals surface area contributed by atoms with Crippen LogP contribution < -0.4 is 0 Å². The van der Waals surface area contributed by atoms with E-state index in [9.17, 15) is 9.90 Å². The van der Waals surface area contributed by atoms with Crippen molar-refractivity contribution >= 4 is 17.5 Å². The average molecular weight is 348 g/mol. The van der Waals surface area contributed by atoms with Crippen LogP contribution in [-0.4, -0.2) is 38.8 Å². The molecule has 0 bridgehead atoms. The van der Waals surface area contributed by atoms with E-state index in [1.807, 2.05) is 38.1 Å². The zero-order valence-electron chi connectivity index (χ0n) is 13.9. The summed E-state index contributed by atoms with van der Waals surface area (Å²) in [6.07, 6.45) is 0.269. The average Bonchev–Trinajstić information content (AvgIpc) is 2.97. The molecule has 0 aliphatic carbocycles. The summed E-state index contributed by atoms with van der Waals surface area (Å²) >= 11 is 5.95. The normalized spacial score (nSPS) is 15.5. The Morgan fingerprint density at radius 1 is 1.38 bits per heavy atom. The van der Waals surface area contributed by atoms with Crippen LogP contribution in [0.25, 0.3) is 11.3 Å². The van der Waals surface area contributed by atoms with Crippen LogP contribution in [0.2, 0.25) is 5.02 Å². The number of hydrogen-bond donors (Lipinski definition) is 2. The molecule has 1 unspecified atom stereocenters. The van der Waals surface area contributed by atoms with E-state index in [1.165, 1.54) is 0 Å². The number of carbonyl (C=O) groups is 1. The molecule has 5 nitrogen and oxygen atoms in total. The number of carbonyl (C=O) groups excluding carboxylic acids is 1. The lowest BCUT2D eigenvalue weighted by Crippen LogP contribution is -2.42. The topological polar surface area (TPSA) is 69.2 Å². The van der Waals surface area contributed by atoms with Crippen molar-refractivity contribution in [2.45, 2.75) is 39.3 Å². The van der Waals surface area contributed by atoms with Crippen LogP contribution in [0, 0.1) is 5.92 Å². The van der Waals surface area contributed by atoms with Crippen LogP contribution in [0.4, 0.5) is 0 Å². The fraction of sp³-hybridized carbons (Fsp3) is 0.444. The molecule has 24 heavy (non-hydrogen) atoms. The minimum atomic E-state index is -0.933. The predicted octanol–water partition coefficient (Wildman–Crippen LogP) is 3.02. The number of halogens is 1. The van der Waals surface area contributed by atoms with Crippen molar-refractivity contribution < 1.29 is 9.90 Å². The lowest BCUT2D eigenvalue weighted by molar-refractivity contribution is -0.141. The summed E-state index contributed by atoms with van der Waals surface area (Å²) in [7, 11) is 0. The molecular weight excluding hydrogens is 326 g/mol. The molecule has 1 aliphatic heterocycles. The molecular formula is C18H22ClN3O2. The maximum absolute atomic E-state index is 12.5. The van der Waals surface area contributed by atoms with Gasteiger partial charge >= 0.3 is 0 Å². The second-order valence-electron chi connectivity index (χ2n) is 6.69. The van der Waals surface area contributed by atoms with E-state index in [4.69, 9.17) is 11.6 Å². The van der Waals surface area contributed by atoms with Crippen molar-refractivity contribution in [2.24, 2.45) is 5.92 Å². The molecule has 1 atom stereocenters. The number of aromatic amines is 1. The SMILES string of the molecule is CC(C)CC(O)C(=O)N1CCc2[nH]nc(-c3ccc(Cl)cc3)c2C1. The summed E-state index contributed by atoms with van der Waals surface area (Å²) in [6, 6.07) is 7.51. The zero-order chi connectivity index (χ0) is 17.3. The Balaban J connectivity index is 1.81. The summed E-state index contributed by atoms with van der Waals surface area (Å²) < 4.78 is 0. The smallest absolute Gasteiger partial charge is 0.251 e. The van der Waals surface area contributed by atoms with Crippen LogP contribution in [0.3, 0.4) is 0 Å². The molecule has 0 saturated heterocycles. The highest BCUT2D eigenvalue weighted by molar-refractivity contribution is 6.30. The highest BCUT2D eigenvalue weighted by atomic mass is 35.5. The van der Waals surface area contributed by atoms with E-state index in [0.717, 1.165) is 28.9 Å². The number of aromatic nitrogens is 2. The molecule has 128 valence electrons. The molecule has 2 aromatic rings. The Labute approximate surface area is 146 Å². The highest BCUT2D eigenvalue weighted by Gasteiger charge is 2.29. The van der Waals surface area contributed by atoms with Crippen molar-refractivity contribution in [2.75, 3.05) is 6.54 Å². The van der Waals surface area contributed by atoms with Gasteiger partial charge in [0.15, 0.2) is 0 Å². The lowest BCUT2D eigenvalue weighted by Gasteiger charge is -2.29. The molecule has 6 heteroatoms. The zero-order valence-corrected chi connectivity index (χ0v) is 14.7. The van der Waals surface area contributed by atoms with Gasteiger partial charge in [0.25, 0.3) is 5.91 Å². The van der Waals surface area contributed by atoms with Crippen molar-refractivity contribution in [3.8, 4) is 11.3 Å². The molecule has 1 amide bonds. The Morgan fingerprint density at radius 3 is 2.75 bits per heavy atom. The molecule has 1 aromatic carbocycles. The van der Waals surface area contributed by atoms with E-state index in [1.54, 1.807) is 4.90 Å². The summed E-state index contributed by atoms with van der Waals surface area (Å²) in [4.78, 5) is 14.2. The van der Waals surface area contributed by atoms with Gasteiger partial charge in [-0.2, -0.15) is 5.10 Å². The van der Waals surface area contributed by atoms with E-state index in [-0.39, 0.29) is 11.8 Å². The van der Waals surface area contributed by atoms with Gasteiger partial charge in [-0.3, -0.25) is 9.89 Å². The second kappa shape index (κ2) is 6.95. The van der Waals surface area contributed by atoms with Crippen molar-refractivity contribution in [3.63, 3.8) is 0 Å². The Bertz CT molecular complexity index is 724. The molecule has 0 spiro atoms. The van der Waals surface area contributed by atoms with Gasteiger partial charge in [0.05, 0.1) is 5.69 Å². The first kappa shape index (κ1) is 17.0. The summed E-state index contributed by atoms with van der Waals surface area (Å²) in [5, 5.41) is 18.3. The molecule has 2 heterocycles. The molecule has 3 rings (SSSR count). The maximum atomic E-state index is 12.5. The number of nitrogens with one attached hydrogen (secondary N) is 1. The first-order chi connectivity index (χ1) is 11.5. The number of rotatable bonds is 4. The van der Waals surface area contributed by atoms with Crippen LogP contribution >= 0.6 is 11.6 Å². The summed E-state index contributed by atoms with van der Waals surface area (Å²) in [5.74, 6) is 0.0838. The van der Waals surface area contributed by atoms with Crippen LogP contribution in [0.15, 0.2) is 24.3 Å². The maximum Gasteiger partial charge on any atom is 0.251 e.